The first-order valence-corrected chi connectivity index (χ1v) is 7.62. The monoisotopic (exact) mass is 286 g/mol. The molecular formula is C13H22N2O3S. The summed E-state index contributed by atoms with van der Waals surface area (Å²) in [5.41, 5.74) is 0.758. The van der Waals surface area contributed by atoms with Crippen molar-refractivity contribution in [3.05, 3.63) is 29.8 Å². The molecule has 108 valence electrons. The van der Waals surface area contributed by atoms with Gasteiger partial charge in [0.25, 0.3) is 0 Å². The number of benzene rings is 1. The summed E-state index contributed by atoms with van der Waals surface area (Å²) in [5, 5.41) is 8.40. The summed E-state index contributed by atoms with van der Waals surface area (Å²) in [5.74, 6) is 0. The van der Waals surface area contributed by atoms with Crippen molar-refractivity contribution >= 4 is 10.0 Å². The Bertz CT molecular complexity index is 509. The van der Waals surface area contributed by atoms with Crippen molar-refractivity contribution < 1.29 is 13.2 Å². The number of sulfonamides is 1. The molecule has 1 aromatic rings. The van der Waals surface area contributed by atoms with E-state index in [4.69, 9.17) is 9.88 Å². The molecule has 0 bridgehead atoms. The zero-order valence-electron chi connectivity index (χ0n) is 11.8. The second-order valence-electron chi connectivity index (χ2n) is 5.18. The summed E-state index contributed by atoms with van der Waals surface area (Å²) in [6.07, 6.45) is 0. The van der Waals surface area contributed by atoms with Gasteiger partial charge < -0.3 is 10.1 Å². The molecule has 0 aliphatic rings. The summed E-state index contributed by atoms with van der Waals surface area (Å²) in [6.45, 7) is 6.70. The Hall–Kier alpha value is -0.950. The highest BCUT2D eigenvalue weighted by molar-refractivity contribution is 7.89. The normalized spacial score (nSPS) is 14.4. The largest absolute Gasteiger partial charge is 0.377 e. The maximum atomic E-state index is 11.2. The number of ether oxygens (including phenoxy) is 1. The minimum Gasteiger partial charge on any atom is -0.377 e. The molecule has 0 saturated carbocycles. The Balaban J connectivity index is 2.71. The molecule has 0 heterocycles. The number of hydrogen-bond donors (Lipinski definition) is 2. The molecule has 0 aliphatic heterocycles. The second kappa shape index (κ2) is 6.00. The van der Waals surface area contributed by atoms with E-state index in [-0.39, 0.29) is 16.5 Å². The van der Waals surface area contributed by atoms with Gasteiger partial charge in [-0.25, -0.2) is 13.6 Å². The number of nitrogens with two attached hydrogens (primary N) is 1. The Labute approximate surface area is 115 Å². The summed E-state index contributed by atoms with van der Waals surface area (Å²) in [6, 6.07) is 6.66. The summed E-state index contributed by atoms with van der Waals surface area (Å²) in [7, 11) is -1.95. The molecule has 0 fully saturated rings. The van der Waals surface area contributed by atoms with Crippen LogP contribution in [0.15, 0.2) is 29.2 Å². The highest BCUT2D eigenvalue weighted by Gasteiger charge is 2.17. The molecule has 1 unspecified atom stereocenters. The van der Waals surface area contributed by atoms with Gasteiger partial charge in [-0.1, -0.05) is 12.1 Å². The maximum absolute atomic E-state index is 11.2. The lowest BCUT2D eigenvalue weighted by Gasteiger charge is -2.26. The molecule has 0 saturated heterocycles. The van der Waals surface area contributed by atoms with Gasteiger partial charge in [0.2, 0.25) is 10.0 Å². The Morgan fingerprint density at radius 2 is 1.84 bits per heavy atom. The van der Waals surface area contributed by atoms with Gasteiger partial charge in [0, 0.05) is 19.7 Å². The standard InChI is InChI=1S/C13H22N2O3S/c1-10(15-9-13(2,3)18-4)11-5-7-12(8-6-11)19(14,16)17/h5-8,10,15H,9H2,1-4H3,(H2,14,16,17). The predicted molar refractivity (Wildman–Crippen MR) is 75.3 cm³/mol. The minimum absolute atomic E-state index is 0.101. The molecule has 0 aromatic heterocycles. The van der Waals surface area contributed by atoms with E-state index in [1.165, 1.54) is 12.1 Å². The van der Waals surface area contributed by atoms with E-state index in [2.05, 4.69) is 5.32 Å². The van der Waals surface area contributed by atoms with Crippen LogP contribution in [0, 0.1) is 0 Å². The summed E-state index contributed by atoms with van der Waals surface area (Å²) < 4.78 is 27.6. The molecule has 3 N–H and O–H groups in total. The minimum atomic E-state index is -3.63. The Morgan fingerprint density at radius 1 is 1.32 bits per heavy atom. The fourth-order valence-electron chi connectivity index (χ4n) is 1.54. The molecule has 1 rings (SSSR count). The van der Waals surface area contributed by atoms with E-state index in [1.54, 1.807) is 19.2 Å². The second-order valence-corrected chi connectivity index (χ2v) is 6.74. The van der Waals surface area contributed by atoms with Crippen LogP contribution in [0.25, 0.3) is 0 Å². The highest BCUT2D eigenvalue weighted by Crippen LogP contribution is 2.16. The molecule has 1 atom stereocenters. The Kier molecular flexibility index (Phi) is 5.09. The van der Waals surface area contributed by atoms with E-state index in [0.717, 1.165) is 5.56 Å². The average molecular weight is 286 g/mol. The van der Waals surface area contributed by atoms with Crippen molar-refractivity contribution in [2.45, 2.75) is 37.3 Å². The van der Waals surface area contributed by atoms with Crippen LogP contribution in [0.2, 0.25) is 0 Å². The smallest absolute Gasteiger partial charge is 0.238 e. The molecule has 0 amide bonds. The highest BCUT2D eigenvalue weighted by atomic mass is 32.2. The van der Waals surface area contributed by atoms with E-state index >= 15 is 0 Å². The van der Waals surface area contributed by atoms with Gasteiger partial charge in [-0.05, 0) is 38.5 Å². The zero-order valence-corrected chi connectivity index (χ0v) is 12.6. The van der Waals surface area contributed by atoms with Crippen molar-refractivity contribution in [3.63, 3.8) is 0 Å². The third-order valence-corrected chi connectivity index (χ3v) is 4.02. The molecule has 6 heteroatoms. The first-order chi connectivity index (χ1) is 8.65. The number of methoxy groups -OCH3 is 1. The fraction of sp³-hybridized carbons (Fsp3) is 0.538. The first kappa shape index (κ1) is 16.1. The maximum Gasteiger partial charge on any atom is 0.238 e. The summed E-state index contributed by atoms with van der Waals surface area (Å²) >= 11 is 0. The van der Waals surface area contributed by atoms with Crippen LogP contribution in [0.5, 0.6) is 0 Å². The lowest BCUT2D eigenvalue weighted by Crippen LogP contribution is -2.37. The Morgan fingerprint density at radius 3 is 2.26 bits per heavy atom. The SMILES string of the molecule is COC(C)(C)CNC(C)c1ccc(S(N)(=O)=O)cc1. The van der Waals surface area contributed by atoms with Crippen LogP contribution < -0.4 is 10.5 Å². The number of rotatable bonds is 6. The fourth-order valence-corrected chi connectivity index (χ4v) is 2.05. The van der Waals surface area contributed by atoms with Gasteiger partial charge in [-0.3, -0.25) is 0 Å². The van der Waals surface area contributed by atoms with Gasteiger partial charge in [0.1, 0.15) is 0 Å². The molecular weight excluding hydrogens is 264 g/mol. The number of nitrogens with one attached hydrogen (secondary N) is 1. The van der Waals surface area contributed by atoms with Crippen LogP contribution in [-0.4, -0.2) is 27.7 Å². The molecule has 0 radical (unpaired) electrons. The van der Waals surface area contributed by atoms with E-state index in [0.29, 0.717) is 6.54 Å². The van der Waals surface area contributed by atoms with Gasteiger partial charge in [0.15, 0.2) is 0 Å². The molecule has 1 aromatic carbocycles. The van der Waals surface area contributed by atoms with Gasteiger partial charge in [-0.2, -0.15) is 0 Å². The zero-order chi connectivity index (χ0) is 14.7. The topological polar surface area (TPSA) is 81.4 Å². The van der Waals surface area contributed by atoms with Gasteiger partial charge in [-0.15, -0.1) is 0 Å². The van der Waals surface area contributed by atoms with Crippen LogP contribution in [0.3, 0.4) is 0 Å². The molecule has 5 nitrogen and oxygen atoms in total. The molecule has 0 aliphatic carbocycles. The van der Waals surface area contributed by atoms with E-state index in [9.17, 15) is 8.42 Å². The lowest BCUT2D eigenvalue weighted by molar-refractivity contribution is 0.0214. The molecule has 19 heavy (non-hydrogen) atoms. The number of primary sulfonamides is 1. The van der Waals surface area contributed by atoms with E-state index < -0.39 is 10.0 Å². The van der Waals surface area contributed by atoms with Crippen molar-refractivity contribution in [3.8, 4) is 0 Å². The van der Waals surface area contributed by atoms with Crippen LogP contribution in [0.4, 0.5) is 0 Å². The quantitative estimate of drug-likeness (QED) is 0.828. The predicted octanol–water partition coefficient (Wildman–Crippen LogP) is 1.41. The van der Waals surface area contributed by atoms with E-state index in [1.807, 2.05) is 20.8 Å². The van der Waals surface area contributed by atoms with Crippen molar-refractivity contribution in [1.29, 1.82) is 0 Å². The van der Waals surface area contributed by atoms with Crippen molar-refractivity contribution in [1.82, 2.24) is 5.32 Å². The number of hydrogen-bond acceptors (Lipinski definition) is 4. The van der Waals surface area contributed by atoms with Crippen LogP contribution in [0.1, 0.15) is 32.4 Å². The third kappa shape index (κ3) is 4.91. The third-order valence-electron chi connectivity index (χ3n) is 3.10. The van der Waals surface area contributed by atoms with Crippen molar-refractivity contribution in [2.75, 3.05) is 13.7 Å². The lowest BCUT2D eigenvalue weighted by atomic mass is 10.1. The van der Waals surface area contributed by atoms with Crippen LogP contribution in [-0.2, 0) is 14.8 Å². The van der Waals surface area contributed by atoms with Crippen LogP contribution >= 0.6 is 0 Å². The van der Waals surface area contributed by atoms with Gasteiger partial charge in [0.05, 0.1) is 10.5 Å². The molecule has 0 spiro atoms. The average Bonchev–Trinajstić information content (AvgIpc) is 2.35. The summed E-state index contributed by atoms with van der Waals surface area (Å²) in [4.78, 5) is 0.126. The van der Waals surface area contributed by atoms with Gasteiger partial charge >= 0.3 is 0 Å². The van der Waals surface area contributed by atoms with Crippen molar-refractivity contribution in [2.24, 2.45) is 5.14 Å². The first-order valence-electron chi connectivity index (χ1n) is 6.07.